The summed E-state index contributed by atoms with van der Waals surface area (Å²) in [6.07, 6.45) is 8.85. The molecule has 0 aromatic rings. The molecule has 0 aliphatic carbocycles. The maximum absolute atomic E-state index is 12.0. The molecule has 0 heterocycles. The van der Waals surface area contributed by atoms with Crippen LogP contribution in [0, 0.1) is 22.7 Å². The molecule has 0 aliphatic rings. The number of nitrogens with zero attached hydrogens (tertiary/aromatic N) is 1. The van der Waals surface area contributed by atoms with Gasteiger partial charge in [0.05, 0.1) is 25.2 Å². The molecule has 0 rings (SSSR count). The van der Waals surface area contributed by atoms with Gasteiger partial charge in [0.2, 0.25) is 0 Å². The quantitative estimate of drug-likeness (QED) is 0.339. The number of carbonyl (C=O) groups excluding carboxylic acids is 2. The Kier molecular flexibility index (Phi) is 17.3. The number of rotatable bonds is 12. The molecule has 2 unspecified atom stereocenters. The standard InChI is InChI=1S/C15H25NO4.C6H14/c1-5-7-9-19-13(17)12(3)15(4,11-16)14(18)20-10-8-6-2;1-3-5-6-4-2/h12H,5-10H2,1-4H3;3-6H2,1-2H3. The molecule has 26 heavy (non-hydrogen) atoms. The van der Waals surface area contributed by atoms with Crippen molar-refractivity contribution in [1.82, 2.24) is 0 Å². The van der Waals surface area contributed by atoms with Crippen LogP contribution in [0.1, 0.15) is 92.9 Å². The summed E-state index contributed by atoms with van der Waals surface area (Å²) >= 11 is 0. The highest BCUT2D eigenvalue weighted by Crippen LogP contribution is 2.29. The van der Waals surface area contributed by atoms with Gasteiger partial charge in [-0.2, -0.15) is 5.26 Å². The lowest BCUT2D eigenvalue weighted by Crippen LogP contribution is -2.39. The lowest BCUT2D eigenvalue weighted by molar-refractivity contribution is -0.164. The molecule has 0 saturated carbocycles. The van der Waals surface area contributed by atoms with E-state index < -0.39 is 23.3 Å². The molecular formula is C21H39NO4. The summed E-state index contributed by atoms with van der Waals surface area (Å²) in [5.41, 5.74) is -1.50. The molecule has 2 atom stereocenters. The third-order valence-electron chi connectivity index (χ3n) is 4.31. The number of hydrogen-bond acceptors (Lipinski definition) is 5. The van der Waals surface area contributed by atoms with E-state index in [-0.39, 0.29) is 6.61 Å². The van der Waals surface area contributed by atoms with E-state index in [9.17, 15) is 14.9 Å². The number of carbonyl (C=O) groups is 2. The summed E-state index contributed by atoms with van der Waals surface area (Å²) < 4.78 is 10.1. The van der Waals surface area contributed by atoms with Crippen LogP contribution >= 0.6 is 0 Å². The van der Waals surface area contributed by atoms with E-state index in [1.807, 2.05) is 19.9 Å². The molecule has 0 bridgehead atoms. The molecule has 0 aromatic heterocycles. The first-order valence-electron chi connectivity index (χ1n) is 10.1. The van der Waals surface area contributed by atoms with Gasteiger partial charge in [-0.3, -0.25) is 9.59 Å². The first kappa shape index (κ1) is 26.7. The third kappa shape index (κ3) is 11.1. The lowest BCUT2D eigenvalue weighted by Gasteiger charge is -2.25. The summed E-state index contributed by atoms with van der Waals surface area (Å²) in [6, 6.07) is 1.90. The lowest BCUT2D eigenvalue weighted by atomic mass is 9.79. The zero-order valence-electron chi connectivity index (χ0n) is 17.7. The summed E-state index contributed by atoms with van der Waals surface area (Å²) in [5, 5.41) is 9.24. The number of nitriles is 1. The highest BCUT2D eigenvalue weighted by Gasteiger charge is 2.45. The number of hydrogen-bond donors (Lipinski definition) is 0. The molecule has 0 radical (unpaired) electrons. The van der Waals surface area contributed by atoms with E-state index in [1.165, 1.54) is 39.5 Å². The molecule has 0 fully saturated rings. The number of esters is 2. The van der Waals surface area contributed by atoms with Crippen LogP contribution in [0.5, 0.6) is 0 Å². The predicted octanol–water partition coefficient (Wildman–Crippen LogP) is 5.43. The molecule has 0 aliphatic heterocycles. The van der Waals surface area contributed by atoms with E-state index in [4.69, 9.17) is 9.47 Å². The molecule has 5 nitrogen and oxygen atoms in total. The van der Waals surface area contributed by atoms with E-state index in [2.05, 4.69) is 13.8 Å². The van der Waals surface area contributed by atoms with Gasteiger partial charge in [-0.25, -0.2) is 0 Å². The first-order chi connectivity index (χ1) is 12.3. The fourth-order valence-corrected chi connectivity index (χ4v) is 1.96. The Morgan fingerprint density at radius 1 is 0.885 bits per heavy atom. The average Bonchev–Trinajstić information content (AvgIpc) is 2.65. The van der Waals surface area contributed by atoms with E-state index in [0.717, 1.165) is 25.7 Å². The maximum atomic E-state index is 12.0. The minimum Gasteiger partial charge on any atom is -0.465 e. The minimum absolute atomic E-state index is 0.268. The molecule has 0 amide bonds. The molecule has 0 saturated heterocycles. The summed E-state index contributed by atoms with van der Waals surface area (Å²) in [7, 11) is 0. The summed E-state index contributed by atoms with van der Waals surface area (Å²) in [5.74, 6) is -2.04. The molecule has 152 valence electrons. The van der Waals surface area contributed by atoms with Crippen molar-refractivity contribution in [2.75, 3.05) is 13.2 Å². The highest BCUT2D eigenvalue weighted by molar-refractivity contribution is 5.87. The Bertz CT molecular complexity index is 413. The fraction of sp³-hybridized carbons (Fsp3) is 0.857. The van der Waals surface area contributed by atoms with Crippen LogP contribution in [-0.4, -0.2) is 25.2 Å². The van der Waals surface area contributed by atoms with Gasteiger partial charge >= 0.3 is 11.9 Å². The van der Waals surface area contributed by atoms with Crippen molar-refractivity contribution < 1.29 is 19.1 Å². The van der Waals surface area contributed by atoms with Crippen molar-refractivity contribution in [2.24, 2.45) is 11.3 Å². The second kappa shape index (κ2) is 16.9. The van der Waals surface area contributed by atoms with Crippen molar-refractivity contribution in [3.05, 3.63) is 0 Å². The van der Waals surface area contributed by atoms with E-state index in [1.54, 1.807) is 0 Å². The molecule has 0 N–H and O–H groups in total. The Morgan fingerprint density at radius 2 is 1.31 bits per heavy atom. The Labute approximate surface area is 160 Å². The SMILES string of the molecule is CCCCCC.CCCCOC(=O)C(C)C(C)(C#N)C(=O)OCCCC. The summed E-state index contributed by atoms with van der Waals surface area (Å²) in [4.78, 5) is 23.9. The van der Waals surface area contributed by atoms with Crippen LogP contribution in [0.3, 0.4) is 0 Å². The Hall–Kier alpha value is -1.57. The van der Waals surface area contributed by atoms with Gasteiger partial charge in [-0.15, -0.1) is 0 Å². The zero-order valence-corrected chi connectivity index (χ0v) is 17.7. The normalized spacial score (nSPS) is 13.4. The molecule has 0 aromatic carbocycles. The van der Waals surface area contributed by atoms with Gasteiger partial charge in [0.1, 0.15) is 0 Å². The Morgan fingerprint density at radius 3 is 1.69 bits per heavy atom. The van der Waals surface area contributed by atoms with Crippen molar-refractivity contribution in [2.45, 2.75) is 92.9 Å². The van der Waals surface area contributed by atoms with Gasteiger partial charge in [0.25, 0.3) is 0 Å². The van der Waals surface area contributed by atoms with E-state index in [0.29, 0.717) is 6.61 Å². The van der Waals surface area contributed by atoms with Crippen LogP contribution < -0.4 is 0 Å². The number of unbranched alkanes of at least 4 members (excludes halogenated alkanes) is 5. The van der Waals surface area contributed by atoms with Crippen molar-refractivity contribution >= 4 is 11.9 Å². The largest absolute Gasteiger partial charge is 0.465 e. The Balaban J connectivity index is 0. The minimum atomic E-state index is -1.50. The second-order valence-corrected chi connectivity index (χ2v) is 6.75. The first-order valence-corrected chi connectivity index (χ1v) is 10.1. The summed E-state index contributed by atoms with van der Waals surface area (Å²) in [6.45, 7) is 12.0. The fourth-order valence-electron chi connectivity index (χ4n) is 1.96. The van der Waals surface area contributed by atoms with Gasteiger partial charge in [0.15, 0.2) is 5.41 Å². The van der Waals surface area contributed by atoms with Crippen LogP contribution in [-0.2, 0) is 19.1 Å². The van der Waals surface area contributed by atoms with Crippen LogP contribution in [0.4, 0.5) is 0 Å². The van der Waals surface area contributed by atoms with Crippen LogP contribution in [0.2, 0.25) is 0 Å². The molecule has 0 spiro atoms. The highest BCUT2D eigenvalue weighted by atomic mass is 16.5. The monoisotopic (exact) mass is 369 g/mol. The smallest absolute Gasteiger partial charge is 0.327 e. The topological polar surface area (TPSA) is 76.4 Å². The van der Waals surface area contributed by atoms with Crippen molar-refractivity contribution in [1.29, 1.82) is 5.26 Å². The van der Waals surface area contributed by atoms with Gasteiger partial charge in [-0.05, 0) is 26.7 Å². The van der Waals surface area contributed by atoms with Gasteiger partial charge in [-0.1, -0.05) is 66.2 Å². The van der Waals surface area contributed by atoms with Crippen LogP contribution in [0.15, 0.2) is 0 Å². The molecule has 5 heteroatoms. The van der Waals surface area contributed by atoms with Gasteiger partial charge in [0, 0.05) is 0 Å². The number of ether oxygens (including phenoxy) is 2. The second-order valence-electron chi connectivity index (χ2n) is 6.75. The zero-order chi connectivity index (χ0) is 20.4. The van der Waals surface area contributed by atoms with Crippen molar-refractivity contribution in [3.8, 4) is 6.07 Å². The van der Waals surface area contributed by atoms with Crippen molar-refractivity contribution in [3.63, 3.8) is 0 Å². The van der Waals surface area contributed by atoms with Gasteiger partial charge < -0.3 is 9.47 Å². The third-order valence-corrected chi connectivity index (χ3v) is 4.31. The predicted molar refractivity (Wildman–Crippen MR) is 104 cm³/mol. The average molecular weight is 370 g/mol. The van der Waals surface area contributed by atoms with Crippen LogP contribution in [0.25, 0.3) is 0 Å². The van der Waals surface area contributed by atoms with E-state index >= 15 is 0 Å². The maximum Gasteiger partial charge on any atom is 0.327 e. The molecular weight excluding hydrogens is 330 g/mol.